The molecule has 1 saturated carbocycles. The number of aliphatic hydroxyl groups is 1. The van der Waals surface area contributed by atoms with E-state index in [-0.39, 0.29) is 6.61 Å². The molecule has 1 aromatic rings. The molecule has 4 nitrogen and oxygen atoms in total. The standard InChI is InChI=1S/C14H24N2O2/c1-16(12-4-2-3-5-12)9-8-15-10-13-6-7-14(11-17)18-13/h6-7,12,15,17H,2-5,8-11H2,1H3. The molecule has 2 rings (SSSR count). The lowest BCUT2D eigenvalue weighted by molar-refractivity contribution is 0.238. The summed E-state index contributed by atoms with van der Waals surface area (Å²) in [6.07, 6.45) is 5.49. The zero-order valence-corrected chi connectivity index (χ0v) is 11.2. The van der Waals surface area contributed by atoms with E-state index in [9.17, 15) is 0 Å². The van der Waals surface area contributed by atoms with E-state index in [1.165, 1.54) is 25.7 Å². The van der Waals surface area contributed by atoms with Crippen LogP contribution in [0.4, 0.5) is 0 Å². The van der Waals surface area contributed by atoms with Crippen molar-refractivity contribution in [2.45, 2.75) is 44.9 Å². The van der Waals surface area contributed by atoms with Crippen molar-refractivity contribution in [3.8, 4) is 0 Å². The molecule has 0 aromatic carbocycles. The van der Waals surface area contributed by atoms with Gasteiger partial charge in [0, 0.05) is 19.1 Å². The van der Waals surface area contributed by atoms with Crippen LogP contribution in [0, 0.1) is 0 Å². The van der Waals surface area contributed by atoms with Gasteiger partial charge in [-0.05, 0) is 32.0 Å². The Kier molecular flexibility index (Phi) is 5.23. The first-order valence-corrected chi connectivity index (χ1v) is 6.89. The van der Waals surface area contributed by atoms with E-state index in [1.807, 2.05) is 12.1 Å². The molecule has 0 aliphatic heterocycles. The number of nitrogens with zero attached hydrogens (tertiary/aromatic N) is 1. The molecule has 102 valence electrons. The minimum absolute atomic E-state index is 0.0234. The molecule has 1 aliphatic carbocycles. The molecule has 2 N–H and O–H groups in total. The van der Waals surface area contributed by atoms with Crippen LogP contribution in [0.3, 0.4) is 0 Å². The quantitative estimate of drug-likeness (QED) is 0.726. The maximum atomic E-state index is 8.90. The number of hydrogen-bond acceptors (Lipinski definition) is 4. The summed E-state index contributed by atoms with van der Waals surface area (Å²) in [7, 11) is 2.22. The first-order valence-electron chi connectivity index (χ1n) is 6.89. The summed E-state index contributed by atoms with van der Waals surface area (Å²) in [4.78, 5) is 2.46. The highest BCUT2D eigenvalue weighted by Gasteiger charge is 2.18. The lowest BCUT2D eigenvalue weighted by atomic mass is 10.2. The lowest BCUT2D eigenvalue weighted by Gasteiger charge is -2.23. The first-order chi connectivity index (χ1) is 8.79. The van der Waals surface area contributed by atoms with E-state index in [2.05, 4.69) is 17.3 Å². The summed E-state index contributed by atoms with van der Waals surface area (Å²) in [5.74, 6) is 1.53. The minimum atomic E-state index is -0.0234. The van der Waals surface area contributed by atoms with Crippen molar-refractivity contribution in [3.05, 3.63) is 23.7 Å². The first kappa shape index (κ1) is 13.6. The van der Waals surface area contributed by atoms with E-state index in [1.54, 1.807) is 0 Å². The Morgan fingerprint density at radius 3 is 2.72 bits per heavy atom. The molecular formula is C14H24N2O2. The summed E-state index contributed by atoms with van der Waals surface area (Å²) < 4.78 is 5.41. The van der Waals surface area contributed by atoms with Gasteiger partial charge in [-0.2, -0.15) is 0 Å². The SMILES string of the molecule is CN(CCNCc1ccc(CO)o1)C1CCCC1. The van der Waals surface area contributed by atoms with Crippen LogP contribution in [-0.4, -0.2) is 36.2 Å². The van der Waals surface area contributed by atoms with E-state index < -0.39 is 0 Å². The van der Waals surface area contributed by atoms with Gasteiger partial charge in [-0.1, -0.05) is 12.8 Å². The highest BCUT2D eigenvalue weighted by Crippen LogP contribution is 2.21. The van der Waals surface area contributed by atoms with Crippen molar-refractivity contribution in [1.29, 1.82) is 0 Å². The van der Waals surface area contributed by atoms with Crippen molar-refractivity contribution < 1.29 is 9.52 Å². The van der Waals surface area contributed by atoms with Gasteiger partial charge < -0.3 is 19.7 Å². The molecule has 1 fully saturated rings. The van der Waals surface area contributed by atoms with Gasteiger partial charge in [0.2, 0.25) is 0 Å². The Labute approximate surface area is 109 Å². The molecule has 1 aliphatic rings. The van der Waals surface area contributed by atoms with E-state index in [0.29, 0.717) is 5.76 Å². The summed E-state index contributed by atoms with van der Waals surface area (Å²) in [6.45, 7) is 2.77. The predicted molar refractivity (Wildman–Crippen MR) is 71.2 cm³/mol. The van der Waals surface area contributed by atoms with E-state index >= 15 is 0 Å². The molecule has 0 amide bonds. The average Bonchev–Trinajstić information content (AvgIpc) is 3.05. The molecule has 0 saturated heterocycles. The summed E-state index contributed by atoms with van der Waals surface area (Å²) in [5.41, 5.74) is 0. The van der Waals surface area contributed by atoms with Crippen LogP contribution in [0.5, 0.6) is 0 Å². The molecule has 0 radical (unpaired) electrons. The monoisotopic (exact) mass is 252 g/mol. The number of rotatable bonds is 7. The van der Waals surface area contributed by atoms with Gasteiger partial charge in [0.25, 0.3) is 0 Å². The van der Waals surface area contributed by atoms with E-state index in [0.717, 1.165) is 31.4 Å². The van der Waals surface area contributed by atoms with Crippen LogP contribution >= 0.6 is 0 Å². The summed E-state index contributed by atoms with van der Waals surface area (Å²) in [6, 6.07) is 4.53. The Balaban J connectivity index is 1.60. The van der Waals surface area contributed by atoms with Crippen molar-refractivity contribution in [2.75, 3.05) is 20.1 Å². The number of hydrogen-bond donors (Lipinski definition) is 2. The summed E-state index contributed by atoms with van der Waals surface area (Å²) >= 11 is 0. The Bertz CT molecular complexity index is 345. The maximum absolute atomic E-state index is 8.90. The van der Waals surface area contributed by atoms with Crippen molar-refractivity contribution >= 4 is 0 Å². The van der Waals surface area contributed by atoms with Crippen LogP contribution in [0.2, 0.25) is 0 Å². The second-order valence-electron chi connectivity index (χ2n) is 5.12. The predicted octanol–water partition coefficient (Wildman–Crippen LogP) is 1.74. The van der Waals surface area contributed by atoms with E-state index in [4.69, 9.17) is 9.52 Å². The molecule has 1 heterocycles. The van der Waals surface area contributed by atoms with Crippen LogP contribution in [-0.2, 0) is 13.2 Å². The van der Waals surface area contributed by atoms with Crippen LogP contribution in [0.25, 0.3) is 0 Å². The highest BCUT2D eigenvalue weighted by atomic mass is 16.4. The van der Waals surface area contributed by atoms with Crippen molar-refractivity contribution in [1.82, 2.24) is 10.2 Å². The minimum Gasteiger partial charge on any atom is -0.462 e. The number of furan rings is 1. The highest BCUT2D eigenvalue weighted by molar-refractivity contribution is 5.05. The van der Waals surface area contributed by atoms with Gasteiger partial charge in [-0.25, -0.2) is 0 Å². The van der Waals surface area contributed by atoms with Crippen molar-refractivity contribution in [2.24, 2.45) is 0 Å². The van der Waals surface area contributed by atoms with Crippen LogP contribution in [0.1, 0.15) is 37.2 Å². The van der Waals surface area contributed by atoms with Gasteiger partial charge in [-0.15, -0.1) is 0 Å². The average molecular weight is 252 g/mol. The molecular weight excluding hydrogens is 228 g/mol. The number of likely N-dealkylation sites (N-methyl/N-ethyl adjacent to an activating group) is 1. The third kappa shape index (κ3) is 3.83. The maximum Gasteiger partial charge on any atom is 0.129 e. The van der Waals surface area contributed by atoms with Gasteiger partial charge in [0.05, 0.1) is 6.54 Å². The van der Waals surface area contributed by atoms with Crippen molar-refractivity contribution in [3.63, 3.8) is 0 Å². The van der Waals surface area contributed by atoms with Gasteiger partial charge >= 0.3 is 0 Å². The third-order valence-electron chi connectivity index (χ3n) is 3.76. The van der Waals surface area contributed by atoms with Gasteiger partial charge in [0.15, 0.2) is 0 Å². The summed E-state index contributed by atoms with van der Waals surface area (Å²) in [5, 5.41) is 12.3. The second-order valence-corrected chi connectivity index (χ2v) is 5.12. The zero-order chi connectivity index (χ0) is 12.8. The molecule has 0 bridgehead atoms. The Morgan fingerprint density at radius 2 is 2.06 bits per heavy atom. The van der Waals surface area contributed by atoms with Crippen LogP contribution < -0.4 is 5.32 Å². The van der Waals surface area contributed by atoms with Gasteiger partial charge in [-0.3, -0.25) is 0 Å². The third-order valence-corrected chi connectivity index (χ3v) is 3.76. The largest absolute Gasteiger partial charge is 0.462 e. The molecule has 0 spiro atoms. The van der Waals surface area contributed by atoms with Gasteiger partial charge in [0.1, 0.15) is 18.1 Å². The molecule has 4 heteroatoms. The fraction of sp³-hybridized carbons (Fsp3) is 0.714. The lowest BCUT2D eigenvalue weighted by Crippen LogP contribution is -2.35. The fourth-order valence-electron chi connectivity index (χ4n) is 2.60. The molecule has 0 unspecified atom stereocenters. The Morgan fingerprint density at radius 1 is 1.33 bits per heavy atom. The van der Waals surface area contributed by atoms with Crippen LogP contribution in [0.15, 0.2) is 16.5 Å². The normalized spacial score (nSPS) is 16.8. The molecule has 0 atom stereocenters. The Hall–Kier alpha value is -0.840. The fourth-order valence-corrected chi connectivity index (χ4v) is 2.60. The second kappa shape index (κ2) is 6.92. The number of nitrogens with one attached hydrogen (secondary N) is 1. The smallest absolute Gasteiger partial charge is 0.129 e. The number of aliphatic hydroxyl groups excluding tert-OH is 1. The zero-order valence-electron chi connectivity index (χ0n) is 11.2. The molecule has 1 aromatic heterocycles. The topological polar surface area (TPSA) is 48.6 Å². The molecule has 18 heavy (non-hydrogen) atoms.